The molecule has 0 saturated heterocycles. The molecule has 3 rings (SSSR count). The maximum atomic E-state index is 12.6. The number of fused-ring (bicyclic) bond motifs is 1. The van der Waals surface area contributed by atoms with Crippen LogP contribution in [-0.2, 0) is 4.79 Å². The van der Waals surface area contributed by atoms with Crippen molar-refractivity contribution >= 4 is 23.3 Å². The molecule has 2 aromatic rings. The third kappa shape index (κ3) is 3.84. The van der Waals surface area contributed by atoms with Crippen LogP contribution >= 0.6 is 0 Å². The number of aliphatic imine (C=N–C) groups is 1. The van der Waals surface area contributed by atoms with Crippen molar-refractivity contribution in [2.24, 2.45) is 4.99 Å². The van der Waals surface area contributed by atoms with E-state index in [4.69, 9.17) is 0 Å². The first-order chi connectivity index (χ1) is 13.5. The van der Waals surface area contributed by atoms with Gasteiger partial charge in [0.15, 0.2) is 0 Å². The van der Waals surface area contributed by atoms with E-state index in [1.807, 2.05) is 38.1 Å². The van der Waals surface area contributed by atoms with E-state index >= 15 is 0 Å². The summed E-state index contributed by atoms with van der Waals surface area (Å²) in [5.41, 5.74) is 3.08. The van der Waals surface area contributed by atoms with E-state index in [-0.39, 0.29) is 17.2 Å². The van der Waals surface area contributed by atoms with Crippen LogP contribution in [0.3, 0.4) is 0 Å². The number of hydrogen-bond acceptors (Lipinski definition) is 4. The number of benzene rings is 2. The van der Waals surface area contributed by atoms with Gasteiger partial charge >= 0.3 is 0 Å². The smallest absolute Gasteiger partial charge is 0.264 e. The molecule has 0 aromatic heterocycles. The quantitative estimate of drug-likeness (QED) is 0.638. The summed E-state index contributed by atoms with van der Waals surface area (Å²) in [6.45, 7) is 4.35. The Hall–Kier alpha value is -3.72. The molecular formula is C22H20N4O2. The first-order valence-corrected chi connectivity index (χ1v) is 9.04. The van der Waals surface area contributed by atoms with Crippen LogP contribution in [0.1, 0.15) is 40.4 Å². The molecular weight excluding hydrogens is 352 g/mol. The number of carbonyl (C=O) groups excluding carboxylic acids is 2. The molecule has 2 amide bonds. The molecule has 0 aliphatic carbocycles. The SMILES string of the molecule is CCCNC(=O)C(C#N)=C1N=C(NC(=O)c2ccc(C)cc2)c2ccccc21. The fourth-order valence-corrected chi connectivity index (χ4v) is 2.84. The minimum atomic E-state index is -0.469. The Balaban J connectivity index is 1.97. The molecule has 0 fully saturated rings. The molecule has 140 valence electrons. The van der Waals surface area contributed by atoms with Crippen LogP contribution in [0.15, 0.2) is 59.1 Å². The molecule has 0 saturated carbocycles. The van der Waals surface area contributed by atoms with E-state index in [1.54, 1.807) is 30.3 Å². The summed E-state index contributed by atoms with van der Waals surface area (Å²) in [5, 5.41) is 15.0. The maximum absolute atomic E-state index is 12.6. The molecule has 6 nitrogen and oxygen atoms in total. The number of hydrogen-bond donors (Lipinski definition) is 2. The van der Waals surface area contributed by atoms with Gasteiger partial charge < -0.3 is 10.6 Å². The number of amides is 2. The lowest BCUT2D eigenvalue weighted by atomic mass is 10.0. The van der Waals surface area contributed by atoms with Crippen LogP contribution in [0, 0.1) is 18.3 Å². The van der Waals surface area contributed by atoms with Crippen LogP contribution in [0.2, 0.25) is 0 Å². The summed E-state index contributed by atoms with van der Waals surface area (Å²) in [7, 11) is 0. The first kappa shape index (κ1) is 19.1. The first-order valence-electron chi connectivity index (χ1n) is 9.04. The van der Waals surface area contributed by atoms with Crippen molar-refractivity contribution < 1.29 is 9.59 Å². The van der Waals surface area contributed by atoms with Crippen molar-refractivity contribution in [2.45, 2.75) is 20.3 Å². The average molecular weight is 372 g/mol. The van der Waals surface area contributed by atoms with Crippen molar-refractivity contribution in [3.63, 3.8) is 0 Å². The molecule has 0 bridgehead atoms. The molecule has 0 unspecified atom stereocenters. The second-order valence-corrected chi connectivity index (χ2v) is 6.42. The normalized spacial score (nSPS) is 13.8. The largest absolute Gasteiger partial charge is 0.351 e. The van der Waals surface area contributed by atoms with Crippen molar-refractivity contribution in [1.82, 2.24) is 10.6 Å². The number of carbonyl (C=O) groups is 2. The molecule has 2 N–H and O–H groups in total. The number of nitrogens with one attached hydrogen (secondary N) is 2. The minimum Gasteiger partial charge on any atom is -0.351 e. The van der Waals surface area contributed by atoms with E-state index in [0.717, 1.165) is 12.0 Å². The standard InChI is InChI=1S/C22H20N4O2/c1-3-12-24-22(28)18(13-23)19-16-6-4-5-7-17(16)20(25-19)26-21(27)15-10-8-14(2)9-11-15/h4-11H,3,12H2,1-2H3,(H,24,28)(H,25,26,27). The average Bonchev–Trinajstić information content (AvgIpc) is 3.06. The summed E-state index contributed by atoms with van der Waals surface area (Å²) < 4.78 is 0. The van der Waals surface area contributed by atoms with Crippen molar-refractivity contribution in [3.05, 3.63) is 76.4 Å². The molecule has 1 aliphatic rings. The summed E-state index contributed by atoms with van der Waals surface area (Å²) in [6, 6.07) is 16.3. The second kappa shape index (κ2) is 8.31. The predicted molar refractivity (Wildman–Crippen MR) is 107 cm³/mol. The maximum Gasteiger partial charge on any atom is 0.264 e. The molecule has 0 radical (unpaired) electrons. The van der Waals surface area contributed by atoms with Gasteiger partial charge in [-0.05, 0) is 25.5 Å². The second-order valence-electron chi connectivity index (χ2n) is 6.42. The van der Waals surface area contributed by atoms with E-state index < -0.39 is 5.91 Å². The third-order valence-corrected chi connectivity index (χ3v) is 4.32. The fourth-order valence-electron chi connectivity index (χ4n) is 2.84. The van der Waals surface area contributed by atoms with Crippen molar-refractivity contribution in [1.29, 1.82) is 5.26 Å². The van der Waals surface area contributed by atoms with E-state index in [9.17, 15) is 14.9 Å². The Morgan fingerprint density at radius 1 is 1.07 bits per heavy atom. The van der Waals surface area contributed by atoms with Crippen LogP contribution < -0.4 is 10.6 Å². The van der Waals surface area contributed by atoms with E-state index in [2.05, 4.69) is 15.6 Å². The molecule has 2 aromatic carbocycles. The van der Waals surface area contributed by atoms with E-state index in [0.29, 0.717) is 29.1 Å². The van der Waals surface area contributed by atoms with Gasteiger partial charge in [-0.1, -0.05) is 48.9 Å². The lowest BCUT2D eigenvalue weighted by molar-refractivity contribution is -0.117. The molecule has 6 heteroatoms. The zero-order chi connectivity index (χ0) is 20.1. The summed E-state index contributed by atoms with van der Waals surface area (Å²) in [6.07, 6.45) is 0.761. The Morgan fingerprint density at radius 3 is 2.39 bits per heavy atom. The fraction of sp³-hybridized carbons (Fsp3) is 0.182. The van der Waals surface area contributed by atoms with Gasteiger partial charge in [0, 0.05) is 23.2 Å². The lowest BCUT2D eigenvalue weighted by Gasteiger charge is -2.06. The topological polar surface area (TPSA) is 94.3 Å². The monoisotopic (exact) mass is 372 g/mol. The van der Waals surface area contributed by atoms with Crippen molar-refractivity contribution in [3.8, 4) is 6.07 Å². The molecule has 1 heterocycles. The Morgan fingerprint density at radius 2 is 1.75 bits per heavy atom. The number of nitriles is 1. The molecule has 1 aliphatic heterocycles. The zero-order valence-corrected chi connectivity index (χ0v) is 15.7. The van der Waals surface area contributed by atoms with Gasteiger partial charge in [0.2, 0.25) is 0 Å². The van der Waals surface area contributed by atoms with Gasteiger partial charge in [-0.15, -0.1) is 0 Å². The van der Waals surface area contributed by atoms with Gasteiger partial charge in [0.25, 0.3) is 11.8 Å². The zero-order valence-electron chi connectivity index (χ0n) is 15.7. The Kier molecular flexibility index (Phi) is 5.66. The van der Waals surface area contributed by atoms with Gasteiger partial charge in [-0.3, -0.25) is 9.59 Å². The van der Waals surface area contributed by atoms with E-state index in [1.165, 1.54) is 0 Å². The van der Waals surface area contributed by atoms with Crippen molar-refractivity contribution in [2.75, 3.05) is 6.54 Å². The number of amidine groups is 1. The highest BCUT2D eigenvalue weighted by atomic mass is 16.2. The van der Waals surface area contributed by atoms with Crippen LogP contribution in [0.4, 0.5) is 0 Å². The number of aryl methyl sites for hydroxylation is 1. The van der Waals surface area contributed by atoms with Crippen LogP contribution in [0.25, 0.3) is 5.70 Å². The lowest BCUT2D eigenvalue weighted by Crippen LogP contribution is -2.30. The Labute approximate surface area is 163 Å². The predicted octanol–water partition coefficient (Wildman–Crippen LogP) is 2.95. The van der Waals surface area contributed by atoms with Crippen LogP contribution in [-0.4, -0.2) is 24.2 Å². The molecule has 0 atom stereocenters. The third-order valence-electron chi connectivity index (χ3n) is 4.32. The van der Waals surface area contributed by atoms with Gasteiger partial charge in [0.1, 0.15) is 17.5 Å². The minimum absolute atomic E-state index is 0.0690. The highest BCUT2D eigenvalue weighted by molar-refractivity contribution is 6.20. The highest BCUT2D eigenvalue weighted by Gasteiger charge is 2.27. The molecule has 0 spiro atoms. The van der Waals surface area contributed by atoms with Gasteiger partial charge in [-0.25, -0.2) is 4.99 Å². The summed E-state index contributed by atoms with van der Waals surface area (Å²) >= 11 is 0. The number of rotatable bonds is 4. The van der Waals surface area contributed by atoms with Gasteiger partial charge in [-0.2, -0.15) is 5.26 Å². The highest BCUT2D eigenvalue weighted by Crippen LogP contribution is 2.30. The number of nitrogens with zero attached hydrogens (tertiary/aromatic N) is 2. The van der Waals surface area contributed by atoms with Gasteiger partial charge in [0.05, 0.1) is 5.70 Å². The summed E-state index contributed by atoms with van der Waals surface area (Å²) in [5.74, 6) is -0.444. The molecule has 28 heavy (non-hydrogen) atoms. The van der Waals surface area contributed by atoms with Crippen LogP contribution in [0.5, 0.6) is 0 Å². The summed E-state index contributed by atoms with van der Waals surface area (Å²) in [4.78, 5) is 29.4. The Bertz CT molecular complexity index is 1030.